The monoisotopic (exact) mass is 487 g/mol. The van der Waals surface area contributed by atoms with Crippen LogP contribution in [0.5, 0.6) is 0 Å². The summed E-state index contributed by atoms with van der Waals surface area (Å²) in [5, 5.41) is 15.2. The fraction of sp³-hybridized carbons (Fsp3) is 0.321. The highest BCUT2D eigenvalue weighted by atomic mass is 35.5. The van der Waals surface area contributed by atoms with E-state index in [1.165, 1.54) is 5.69 Å². The lowest BCUT2D eigenvalue weighted by molar-refractivity contribution is -0.0516. The minimum Gasteiger partial charge on any atom is -0.361 e. The lowest BCUT2D eigenvalue weighted by atomic mass is 10.1. The molecule has 4 heterocycles. The largest absolute Gasteiger partial charge is 0.361 e. The van der Waals surface area contributed by atoms with Gasteiger partial charge in [-0.2, -0.15) is 0 Å². The number of benzene rings is 2. The molecule has 6 nitrogen and oxygen atoms in total. The van der Waals surface area contributed by atoms with Gasteiger partial charge in [-0.15, -0.1) is 0 Å². The van der Waals surface area contributed by atoms with E-state index in [2.05, 4.69) is 50.8 Å². The predicted octanol–water partition coefficient (Wildman–Crippen LogP) is 5.00. The van der Waals surface area contributed by atoms with Gasteiger partial charge in [-0.1, -0.05) is 48.0 Å². The summed E-state index contributed by atoms with van der Waals surface area (Å²) in [5.41, 5.74) is 6.35. The van der Waals surface area contributed by atoms with E-state index >= 15 is 0 Å². The molecule has 0 amide bonds. The Bertz CT molecular complexity index is 1320. The fourth-order valence-electron chi connectivity index (χ4n) is 5.75. The number of aromatic nitrogens is 2. The van der Waals surface area contributed by atoms with Gasteiger partial charge in [0, 0.05) is 54.2 Å². The summed E-state index contributed by atoms with van der Waals surface area (Å²) in [6, 6.07) is 22.8. The van der Waals surface area contributed by atoms with Gasteiger partial charge in [0.1, 0.15) is 5.65 Å². The number of nitrogens with one attached hydrogen (secondary N) is 1. The zero-order chi connectivity index (χ0) is 23.9. The van der Waals surface area contributed by atoms with E-state index in [4.69, 9.17) is 16.6 Å². The number of aliphatic hydroxyl groups is 1. The fourth-order valence-corrected chi connectivity index (χ4v) is 5.87. The number of anilines is 1. The molecule has 0 radical (unpaired) electrons. The summed E-state index contributed by atoms with van der Waals surface area (Å²) in [5.74, 6) is 0. The summed E-state index contributed by atoms with van der Waals surface area (Å²) < 4.78 is 2.20. The number of para-hydroxylation sites is 1. The van der Waals surface area contributed by atoms with Crippen molar-refractivity contribution >= 4 is 22.9 Å². The summed E-state index contributed by atoms with van der Waals surface area (Å²) in [6.45, 7) is 4.72. The molecule has 0 aliphatic carbocycles. The molecule has 2 aliphatic heterocycles. The van der Waals surface area contributed by atoms with Gasteiger partial charge in [-0.05, 0) is 55.7 Å². The number of imidazole rings is 1. The quantitative estimate of drug-likeness (QED) is 0.375. The molecule has 0 spiro atoms. The van der Waals surface area contributed by atoms with Crippen molar-refractivity contribution in [3.63, 3.8) is 0 Å². The Labute approximate surface area is 210 Å². The molecule has 0 saturated carbocycles. The average molecular weight is 488 g/mol. The zero-order valence-corrected chi connectivity index (χ0v) is 20.6. The maximum Gasteiger partial charge on any atom is 0.184 e. The molecular formula is C28H30ClN5O. The molecule has 2 bridgehead atoms. The van der Waals surface area contributed by atoms with Gasteiger partial charge in [-0.25, -0.2) is 4.98 Å². The van der Waals surface area contributed by atoms with Crippen molar-refractivity contribution < 1.29 is 5.11 Å². The van der Waals surface area contributed by atoms with Gasteiger partial charge in [0.25, 0.3) is 0 Å². The number of aryl methyl sites for hydroxylation is 1. The lowest BCUT2D eigenvalue weighted by Gasteiger charge is -2.43. The molecule has 6 rings (SSSR count). The highest BCUT2D eigenvalue weighted by Crippen LogP contribution is 2.34. The number of aliphatic hydroxyl groups excluding tert-OH is 1. The van der Waals surface area contributed by atoms with Crippen molar-refractivity contribution in [2.45, 2.75) is 44.7 Å². The summed E-state index contributed by atoms with van der Waals surface area (Å²) in [7, 11) is 0. The van der Waals surface area contributed by atoms with Crippen molar-refractivity contribution in [2.24, 2.45) is 0 Å². The van der Waals surface area contributed by atoms with Crippen molar-refractivity contribution in [1.82, 2.24) is 19.2 Å². The van der Waals surface area contributed by atoms with E-state index in [1.807, 2.05) is 48.5 Å². The lowest BCUT2D eigenvalue weighted by Crippen LogP contribution is -2.58. The van der Waals surface area contributed by atoms with Gasteiger partial charge in [0.2, 0.25) is 0 Å². The Balaban J connectivity index is 1.23. The van der Waals surface area contributed by atoms with Crippen LogP contribution < -0.4 is 5.32 Å². The Morgan fingerprint density at radius 2 is 1.71 bits per heavy atom. The number of fused-ring (bicyclic) bond motifs is 3. The molecule has 2 aliphatic rings. The maximum absolute atomic E-state index is 11.1. The van der Waals surface area contributed by atoms with E-state index in [9.17, 15) is 5.11 Å². The summed E-state index contributed by atoms with van der Waals surface area (Å²) in [4.78, 5) is 9.76. The van der Waals surface area contributed by atoms with Crippen LogP contribution in [0.15, 0.2) is 72.9 Å². The molecule has 7 heteroatoms. The first-order valence-electron chi connectivity index (χ1n) is 12.3. The molecule has 2 N–H and O–H groups in total. The number of piperazine rings is 1. The van der Waals surface area contributed by atoms with E-state index < -0.39 is 6.35 Å². The Kier molecular flexibility index (Phi) is 5.98. The molecule has 2 fully saturated rings. The average Bonchev–Trinajstić information content (AvgIpc) is 3.35. The molecular weight excluding hydrogens is 458 g/mol. The van der Waals surface area contributed by atoms with Gasteiger partial charge < -0.3 is 14.8 Å². The van der Waals surface area contributed by atoms with Crippen LogP contribution in [0.4, 0.5) is 5.69 Å². The number of pyridine rings is 1. The normalized spacial score (nSPS) is 21.5. The van der Waals surface area contributed by atoms with Crippen LogP contribution in [-0.4, -0.2) is 55.8 Å². The standard InChI is InChI=1S/C28H30ClN5O/c1-19-6-2-3-7-24(19)30-28(35)34-22-13-14-23(34)17-32(16-22)18-25-27(20-9-11-21(29)12-10-20)31-26-8-4-5-15-33(25)26/h2-12,15,22-23,28,30,35H,13-14,16-18H2,1H3. The van der Waals surface area contributed by atoms with Gasteiger partial charge in [0.15, 0.2) is 6.35 Å². The summed E-state index contributed by atoms with van der Waals surface area (Å²) >= 11 is 6.15. The molecule has 4 aromatic rings. The van der Waals surface area contributed by atoms with Crippen molar-refractivity contribution in [1.29, 1.82) is 0 Å². The molecule has 2 aromatic heterocycles. The molecule has 3 atom stereocenters. The third kappa shape index (κ3) is 4.32. The van der Waals surface area contributed by atoms with Crippen molar-refractivity contribution in [3.8, 4) is 11.3 Å². The first-order chi connectivity index (χ1) is 17.1. The van der Waals surface area contributed by atoms with Crippen LogP contribution in [0, 0.1) is 6.92 Å². The number of nitrogens with zero attached hydrogens (tertiary/aromatic N) is 4. The number of hydrogen-bond acceptors (Lipinski definition) is 5. The van der Waals surface area contributed by atoms with Gasteiger partial charge in [0.05, 0.1) is 11.4 Å². The third-order valence-electron chi connectivity index (χ3n) is 7.45. The third-order valence-corrected chi connectivity index (χ3v) is 7.70. The van der Waals surface area contributed by atoms with Gasteiger partial charge >= 0.3 is 0 Å². The first-order valence-corrected chi connectivity index (χ1v) is 12.7. The number of hydrogen-bond donors (Lipinski definition) is 2. The number of halogens is 1. The minimum atomic E-state index is -0.684. The molecule has 2 saturated heterocycles. The van der Waals surface area contributed by atoms with Crippen LogP contribution in [0.25, 0.3) is 16.9 Å². The SMILES string of the molecule is Cc1ccccc1NC(O)N1C2CCC1CN(Cc1c(-c3ccc(Cl)cc3)nc3ccccn13)C2. The predicted molar refractivity (Wildman–Crippen MR) is 140 cm³/mol. The second-order valence-corrected chi connectivity index (χ2v) is 10.1. The van der Waals surface area contributed by atoms with E-state index in [0.29, 0.717) is 12.1 Å². The Morgan fingerprint density at radius 3 is 2.46 bits per heavy atom. The molecule has 180 valence electrons. The summed E-state index contributed by atoms with van der Waals surface area (Å²) in [6.07, 6.45) is 3.62. The Morgan fingerprint density at radius 1 is 1.00 bits per heavy atom. The van der Waals surface area contributed by atoms with Crippen LogP contribution in [-0.2, 0) is 6.54 Å². The molecule has 35 heavy (non-hydrogen) atoms. The van der Waals surface area contributed by atoms with Crippen LogP contribution in [0.1, 0.15) is 24.1 Å². The smallest absolute Gasteiger partial charge is 0.184 e. The van der Waals surface area contributed by atoms with Crippen molar-refractivity contribution in [2.75, 3.05) is 18.4 Å². The van der Waals surface area contributed by atoms with Crippen molar-refractivity contribution in [3.05, 3.63) is 89.2 Å². The van der Waals surface area contributed by atoms with Crippen LogP contribution in [0.3, 0.4) is 0 Å². The topological polar surface area (TPSA) is 56.0 Å². The van der Waals surface area contributed by atoms with Gasteiger partial charge in [-0.3, -0.25) is 9.80 Å². The highest BCUT2D eigenvalue weighted by Gasteiger charge is 2.43. The molecule has 3 unspecified atom stereocenters. The maximum atomic E-state index is 11.1. The first kappa shape index (κ1) is 22.6. The zero-order valence-electron chi connectivity index (χ0n) is 19.8. The number of likely N-dealkylation sites (tertiary alicyclic amines) is 1. The van der Waals surface area contributed by atoms with E-state index in [1.54, 1.807) is 0 Å². The molecule has 2 aromatic carbocycles. The van der Waals surface area contributed by atoms with E-state index in [0.717, 1.165) is 65.7 Å². The highest BCUT2D eigenvalue weighted by molar-refractivity contribution is 6.30. The second kappa shape index (κ2) is 9.28. The van der Waals surface area contributed by atoms with E-state index in [-0.39, 0.29) is 0 Å². The van der Waals surface area contributed by atoms with Crippen LogP contribution in [0.2, 0.25) is 5.02 Å². The minimum absolute atomic E-state index is 0.318. The second-order valence-electron chi connectivity index (χ2n) is 9.70. The Hall–Kier alpha value is -2.90. The number of rotatable bonds is 6. The van der Waals surface area contributed by atoms with Crippen LogP contribution >= 0.6 is 11.6 Å².